The lowest BCUT2D eigenvalue weighted by Crippen LogP contribution is -2.47. The Bertz CT molecular complexity index is 1270. The summed E-state index contributed by atoms with van der Waals surface area (Å²) >= 11 is 0. The van der Waals surface area contributed by atoms with E-state index in [0.717, 1.165) is 5.56 Å². The molecule has 3 rings (SSSR count). The summed E-state index contributed by atoms with van der Waals surface area (Å²) in [6, 6.07) is 11.9. The standard InChI is InChI=1S/C32H44N2O7/c1-9-34(17-16-33(6)7)30(37)41-23-14-15-24(26(18-23)39-8)27-25(32(5,38)20-31(3,4)28(27)35)19-40-29(36)22-12-10-21(2)11-13-22/h10-15,18,28,35,38H,9,16-17,19-20H2,1-8H3. The maximum Gasteiger partial charge on any atom is 0.415 e. The fraction of sp³-hybridized carbons (Fsp3) is 0.500. The van der Waals surface area contributed by atoms with Gasteiger partial charge >= 0.3 is 12.1 Å². The third-order valence-corrected chi connectivity index (χ3v) is 7.55. The van der Waals surface area contributed by atoms with Crippen molar-refractivity contribution in [3.05, 3.63) is 64.7 Å². The number of amides is 1. The molecule has 0 radical (unpaired) electrons. The number of nitrogens with zero attached hydrogens (tertiary/aromatic N) is 2. The topological polar surface area (TPSA) is 109 Å². The Balaban J connectivity index is 1.98. The average molecular weight is 569 g/mol. The van der Waals surface area contributed by atoms with Crippen LogP contribution in [0.1, 0.15) is 55.6 Å². The molecular weight excluding hydrogens is 524 g/mol. The first-order valence-electron chi connectivity index (χ1n) is 13.9. The molecule has 9 heteroatoms. The summed E-state index contributed by atoms with van der Waals surface area (Å²) in [6.45, 7) is 10.7. The second-order valence-electron chi connectivity index (χ2n) is 11.8. The fourth-order valence-electron chi connectivity index (χ4n) is 5.21. The van der Waals surface area contributed by atoms with Gasteiger partial charge in [-0.05, 0) is 76.5 Å². The van der Waals surface area contributed by atoms with E-state index in [-0.39, 0.29) is 18.8 Å². The van der Waals surface area contributed by atoms with Gasteiger partial charge < -0.3 is 34.2 Å². The number of carbonyl (C=O) groups is 2. The summed E-state index contributed by atoms with van der Waals surface area (Å²) in [6.07, 6.45) is -1.23. The second kappa shape index (κ2) is 13.1. The van der Waals surface area contributed by atoms with Crippen molar-refractivity contribution in [1.82, 2.24) is 9.80 Å². The average Bonchev–Trinajstić information content (AvgIpc) is 2.90. The number of hydrogen-bond donors (Lipinski definition) is 2. The lowest BCUT2D eigenvalue weighted by atomic mass is 9.64. The zero-order chi connectivity index (χ0) is 30.5. The van der Waals surface area contributed by atoms with Gasteiger partial charge in [0.15, 0.2) is 0 Å². The summed E-state index contributed by atoms with van der Waals surface area (Å²) < 4.78 is 17.0. The maximum atomic E-state index is 12.8. The molecule has 9 nitrogen and oxygen atoms in total. The number of ether oxygens (including phenoxy) is 3. The van der Waals surface area contributed by atoms with Crippen LogP contribution in [0.4, 0.5) is 4.79 Å². The number of hydrogen-bond acceptors (Lipinski definition) is 8. The van der Waals surface area contributed by atoms with E-state index >= 15 is 0 Å². The quantitative estimate of drug-likeness (QED) is 0.402. The molecule has 0 bridgehead atoms. The summed E-state index contributed by atoms with van der Waals surface area (Å²) in [5.41, 5.74) is 0.638. The highest BCUT2D eigenvalue weighted by Gasteiger charge is 2.47. The van der Waals surface area contributed by atoms with E-state index in [2.05, 4.69) is 0 Å². The minimum Gasteiger partial charge on any atom is -0.496 e. The van der Waals surface area contributed by atoms with E-state index in [1.165, 1.54) is 7.11 Å². The Hall–Kier alpha value is -3.40. The third-order valence-electron chi connectivity index (χ3n) is 7.55. The van der Waals surface area contributed by atoms with Crippen LogP contribution in [0.5, 0.6) is 11.5 Å². The predicted molar refractivity (Wildman–Crippen MR) is 158 cm³/mol. The van der Waals surface area contributed by atoms with Crippen molar-refractivity contribution >= 4 is 17.6 Å². The Morgan fingerprint density at radius 2 is 1.71 bits per heavy atom. The minimum absolute atomic E-state index is 0.223. The van der Waals surface area contributed by atoms with E-state index in [9.17, 15) is 19.8 Å². The number of rotatable bonds is 10. The number of carbonyl (C=O) groups excluding carboxylic acids is 2. The highest BCUT2D eigenvalue weighted by Crippen LogP contribution is 2.49. The van der Waals surface area contributed by atoms with Crippen LogP contribution >= 0.6 is 0 Å². The number of esters is 1. The molecule has 0 saturated heterocycles. The molecule has 0 heterocycles. The van der Waals surface area contributed by atoms with Gasteiger partial charge in [-0.25, -0.2) is 9.59 Å². The van der Waals surface area contributed by atoms with Crippen LogP contribution in [0, 0.1) is 12.3 Å². The summed E-state index contributed by atoms with van der Waals surface area (Å²) in [5, 5.41) is 23.1. The van der Waals surface area contributed by atoms with Gasteiger partial charge in [0.1, 0.15) is 18.1 Å². The molecule has 1 amide bonds. The molecule has 2 aromatic carbocycles. The van der Waals surface area contributed by atoms with Crippen molar-refractivity contribution < 1.29 is 34.0 Å². The molecule has 0 fully saturated rings. The van der Waals surface area contributed by atoms with Crippen molar-refractivity contribution in [1.29, 1.82) is 0 Å². The van der Waals surface area contributed by atoms with E-state index in [1.807, 2.05) is 58.8 Å². The number of likely N-dealkylation sites (N-methyl/N-ethyl adjacent to an activating group) is 2. The number of methoxy groups -OCH3 is 1. The van der Waals surface area contributed by atoms with Gasteiger partial charge in [0.25, 0.3) is 0 Å². The first-order chi connectivity index (χ1) is 19.2. The summed E-state index contributed by atoms with van der Waals surface area (Å²) in [5.74, 6) is 0.0932. The van der Waals surface area contributed by atoms with E-state index in [1.54, 1.807) is 42.2 Å². The Morgan fingerprint density at radius 1 is 1.05 bits per heavy atom. The Kier molecular flexibility index (Phi) is 10.2. The molecule has 1 aliphatic rings. The molecule has 0 saturated carbocycles. The zero-order valence-corrected chi connectivity index (χ0v) is 25.5. The number of aliphatic hydroxyl groups excluding tert-OH is 1. The van der Waals surface area contributed by atoms with E-state index in [0.29, 0.717) is 47.7 Å². The molecule has 224 valence electrons. The Morgan fingerprint density at radius 3 is 2.29 bits per heavy atom. The van der Waals surface area contributed by atoms with Crippen LogP contribution in [0.2, 0.25) is 0 Å². The molecule has 1 aliphatic carbocycles. The smallest absolute Gasteiger partial charge is 0.415 e. The maximum absolute atomic E-state index is 12.8. The zero-order valence-electron chi connectivity index (χ0n) is 25.5. The molecular formula is C32H44N2O7. The second-order valence-corrected chi connectivity index (χ2v) is 11.8. The lowest BCUT2D eigenvalue weighted by molar-refractivity contribution is -0.0191. The lowest BCUT2D eigenvalue weighted by Gasteiger charge is -2.46. The molecule has 0 aliphatic heterocycles. The van der Waals surface area contributed by atoms with Crippen LogP contribution < -0.4 is 9.47 Å². The highest BCUT2D eigenvalue weighted by molar-refractivity contribution is 5.90. The van der Waals surface area contributed by atoms with Gasteiger partial charge in [0.05, 0.1) is 24.4 Å². The van der Waals surface area contributed by atoms with Crippen molar-refractivity contribution in [2.45, 2.75) is 52.7 Å². The van der Waals surface area contributed by atoms with Gasteiger partial charge in [0.2, 0.25) is 0 Å². The predicted octanol–water partition coefficient (Wildman–Crippen LogP) is 4.54. The van der Waals surface area contributed by atoms with Gasteiger partial charge in [-0.1, -0.05) is 31.5 Å². The van der Waals surface area contributed by atoms with Gasteiger partial charge in [-0.2, -0.15) is 0 Å². The molecule has 0 aromatic heterocycles. The van der Waals surface area contributed by atoms with Crippen molar-refractivity contribution in [2.24, 2.45) is 5.41 Å². The Labute approximate surface area is 243 Å². The largest absolute Gasteiger partial charge is 0.496 e. The monoisotopic (exact) mass is 568 g/mol. The fourth-order valence-corrected chi connectivity index (χ4v) is 5.21. The van der Waals surface area contributed by atoms with Gasteiger partial charge in [0, 0.05) is 36.8 Å². The summed E-state index contributed by atoms with van der Waals surface area (Å²) in [4.78, 5) is 29.2. The van der Waals surface area contributed by atoms with Gasteiger partial charge in [-0.3, -0.25) is 0 Å². The molecule has 0 spiro atoms. The van der Waals surface area contributed by atoms with Crippen LogP contribution in [0.3, 0.4) is 0 Å². The van der Waals surface area contributed by atoms with Crippen LogP contribution in [0.25, 0.3) is 5.57 Å². The summed E-state index contributed by atoms with van der Waals surface area (Å²) in [7, 11) is 5.36. The van der Waals surface area contributed by atoms with Gasteiger partial charge in [-0.15, -0.1) is 0 Å². The molecule has 41 heavy (non-hydrogen) atoms. The normalized spacial score (nSPS) is 20.1. The van der Waals surface area contributed by atoms with Crippen LogP contribution in [-0.2, 0) is 4.74 Å². The van der Waals surface area contributed by atoms with Crippen LogP contribution in [0.15, 0.2) is 48.0 Å². The number of aryl methyl sites for hydroxylation is 1. The van der Waals surface area contributed by atoms with E-state index in [4.69, 9.17) is 14.2 Å². The first kappa shape index (κ1) is 32.1. The molecule has 2 aromatic rings. The molecule has 2 N–H and O–H groups in total. The minimum atomic E-state index is -1.38. The van der Waals surface area contributed by atoms with Crippen LogP contribution in [-0.4, -0.2) is 91.2 Å². The third kappa shape index (κ3) is 7.67. The van der Waals surface area contributed by atoms with Crippen molar-refractivity contribution in [2.75, 3.05) is 47.4 Å². The number of aliphatic hydroxyl groups is 2. The number of benzene rings is 2. The molecule has 2 unspecified atom stereocenters. The highest BCUT2D eigenvalue weighted by atomic mass is 16.6. The van der Waals surface area contributed by atoms with Crippen molar-refractivity contribution in [3.8, 4) is 11.5 Å². The van der Waals surface area contributed by atoms with Crippen molar-refractivity contribution in [3.63, 3.8) is 0 Å². The van der Waals surface area contributed by atoms with E-state index < -0.39 is 29.2 Å². The first-order valence-corrected chi connectivity index (χ1v) is 13.9. The molecule has 2 atom stereocenters. The SMILES string of the molecule is CCN(CCN(C)C)C(=O)Oc1ccc(C2=C(COC(=O)c3ccc(C)cc3)C(C)(O)CC(C)(C)C2O)c(OC)c1.